The Labute approximate surface area is 217 Å². The molecule has 3 aromatic carbocycles. The Balaban J connectivity index is 1.88. The number of carbonyl (C=O) groups excluding carboxylic acids is 3. The van der Waals surface area contributed by atoms with Crippen LogP contribution < -0.4 is 9.64 Å². The minimum atomic E-state index is -0.875. The van der Waals surface area contributed by atoms with Gasteiger partial charge in [-0.15, -0.1) is 0 Å². The monoisotopic (exact) mass is 549 g/mol. The van der Waals surface area contributed by atoms with Crippen molar-refractivity contribution in [1.82, 2.24) is 0 Å². The molecule has 1 saturated heterocycles. The third-order valence-corrected chi connectivity index (χ3v) is 6.63. The van der Waals surface area contributed by atoms with Gasteiger partial charge in [-0.1, -0.05) is 24.3 Å². The fourth-order valence-corrected chi connectivity index (χ4v) is 4.77. The van der Waals surface area contributed by atoms with E-state index in [1.54, 1.807) is 49.4 Å². The number of aryl methyl sites for hydroxylation is 1. The summed E-state index contributed by atoms with van der Waals surface area (Å²) in [6.07, 6.45) is 0. The summed E-state index contributed by atoms with van der Waals surface area (Å²) in [6, 6.07) is 17.7. The first-order valence-electron chi connectivity index (χ1n) is 11.3. The summed E-state index contributed by atoms with van der Waals surface area (Å²) in [5.41, 5.74) is 2.61. The number of halogens is 1. The molecule has 1 fully saturated rings. The van der Waals surface area contributed by atoms with E-state index < -0.39 is 23.7 Å². The number of nitrogens with zero attached hydrogens (tertiary/aromatic N) is 1. The molecule has 0 aliphatic carbocycles. The predicted octanol–water partition coefficient (Wildman–Crippen LogP) is 5.57. The molecule has 7 nitrogen and oxygen atoms in total. The molecular formula is C28H24BrNO6. The van der Waals surface area contributed by atoms with Crippen LogP contribution in [0.25, 0.3) is 5.76 Å². The van der Waals surface area contributed by atoms with Crippen LogP contribution in [0.5, 0.6) is 5.75 Å². The Morgan fingerprint density at radius 3 is 2.31 bits per heavy atom. The van der Waals surface area contributed by atoms with Gasteiger partial charge in [-0.2, -0.15) is 0 Å². The van der Waals surface area contributed by atoms with E-state index in [9.17, 15) is 19.5 Å². The molecule has 1 aliphatic heterocycles. The van der Waals surface area contributed by atoms with Gasteiger partial charge in [0.15, 0.2) is 0 Å². The summed E-state index contributed by atoms with van der Waals surface area (Å²) in [6.45, 7) is 3.84. The van der Waals surface area contributed by atoms with E-state index in [1.807, 2.05) is 31.2 Å². The smallest absolute Gasteiger partial charge is 0.338 e. The van der Waals surface area contributed by atoms with Crippen molar-refractivity contribution >= 4 is 45.0 Å². The maximum atomic E-state index is 13.3. The summed E-state index contributed by atoms with van der Waals surface area (Å²) >= 11 is 3.40. The molecule has 3 aromatic rings. The number of ketones is 1. The van der Waals surface area contributed by atoms with Gasteiger partial charge >= 0.3 is 5.97 Å². The molecule has 8 heteroatoms. The number of hydrogen-bond acceptors (Lipinski definition) is 6. The van der Waals surface area contributed by atoms with Crippen molar-refractivity contribution in [3.8, 4) is 5.75 Å². The van der Waals surface area contributed by atoms with Crippen LogP contribution in [0.2, 0.25) is 0 Å². The number of Topliss-reactive ketones (excluding diaryl/α,β-unsaturated/α-hetero) is 1. The van der Waals surface area contributed by atoms with Crippen molar-refractivity contribution in [2.45, 2.75) is 19.9 Å². The largest absolute Gasteiger partial charge is 0.507 e. The van der Waals surface area contributed by atoms with Gasteiger partial charge in [0.05, 0.1) is 35.4 Å². The molecule has 1 aliphatic rings. The maximum absolute atomic E-state index is 13.3. The van der Waals surface area contributed by atoms with Gasteiger partial charge in [-0.3, -0.25) is 14.5 Å². The van der Waals surface area contributed by atoms with E-state index in [-0.39, 0.29) is 17.9 Å². The van der Waals surface area contributed by atoms with Crippen LogP contribution in [0.3, 0.4) is 0 Å². The van der Waals surface area contributed by atoms with Gasteiger partial charge in [0, 0.05) is 11.3 Å². The van der Waals surface area contributed by atoms with Crippen LogP contribution in [-0.2, 0) is 14.3 Å². The number of methoxy groups -OCH3 is 1. The number of carbonyl (C=O) groups is 3. The summed E-state index contributed by atoms with van der Waals surface area (Å²) in [7, 11) is 1.52. The average Bonchev–Trinajstić information content (AvgIpc) is 3.14. The maximum Gasteiger partial charge on any atom is 0.338 e. The van der Waals surface area contributed by atoms with Crippen LogP contribution in [0.1, 0.15) is 40.0 Å². The number of benzene rings is 3. The molecule has 1 amide bonds. The third-order valence-electron chi connectivity index (χ3n) is 6.01. The molecule has 0 aromatic heterocycles. The molecule has 1 atom stereocenters. The number of esters is 1. The van der Waals surface area contributed by atoms with Crippen molar-refractivity contribution in [2.75, 3.05) is 18.6 Å². The van der Waals surface area contributed by atoms with Crippen LogP contribution in [0.4, 0.5) is 5.69 Å². The highest BCUT2D eigenvalue weighted by Crippen LogP contribution is 2.43. The Kier molecular flexibility index (Phi) is 7.26. The lowest BCUT2D eigenvalue weighted by Crippen LogP contribution is -2.29. The molecule has 0 spiro atoms. The van der Waals surface area contributed by atoms with Crippen LogP contribution in [0.15, 0.2) is 76.8 Å². The Morgan fingerprint density at radius 1 is 1.03 bits per heavy atom. The van der Waals surface area contributed by atoms with Crippen molar-refractivity contribution in [3.63, 3.8) is 0 Å². The van der Waals surface area contributed by atoms with Gasteiger partial charge in [0.1, 0.15) is 11.5 Å². The van der Waals surface area contributed by atoms with Crippen LogP contribution in [0, 0.1) is 6.92 Å². The highest BCUT2D eigenvalue weighted by atomic mass is 79.9. The number of ether oxygens (including phenoxy) is 2. The first kappa shape index (κ1) is 25.2. The minimum Gasteiger partial charge on any atom is -0.507 e. The van der Waals surface area contributed by atoms with Gasteiger partial charge in [0.2, 0.25) is 0 Å². The van der Waals surface area contributed by atoms with Gasteiger partial charge in [-0.25, -0.2) is 4.79 Å². The van der Waals surface area contributed by atoms with E-state index in [1.165, 1.54) is 12.0 Å². The first-order valence-corrected chi connectivity index (χ1v) is 12.0. The molecule has 4 rings (SSSR count). The standard InChI is InChI=1S/C28H24BrNO6/c1-4-36-28(34)17-9-12-19(13-10-17)30-24(20-8-6-5-7-16(20)2)23(26(32)27(30)33)25(31)18-11-14-22(35-3)21(29)15-18/h5-15,24,31H,4H2,1-3H3/b25-23+. The average molecular weight is 550 g/mol. The first-order chi connectivity index (χ1) is 17.3. The lowest BCUT2D eigenvalue weighted by Gasteiger charge is -2.26. The summed E-state index contributed by atoms with van der Waals surface area (Å²) < 4.78 is 10.9. The number of hydrogen-bond donors (Lipinski definition) is 1. The van der Waals surface area contributed by atoms with Gasteiger partial charge in [-0.05, 0) is 83.4 Å². The summed E-state index contributed by atoms with van der Waals surface area (Å²) in [5, 5.41) is 11.3. The van der Waals surface area contributed by atoms with Gasteiger partial charge < -0.3 is 14.6 Å². The second-order valence-electron chi connectivity index (χ2n) is 8.14. The fraction of sp³-hybridized carbons (Fsp3) is 0.179. The predicted molar refractivity (Wildman–Crippen MR) is 139 cm³/mol. The lowest BCUT2D eigenvalue weighted by atomic mass is 9.92. The van der Waals surface area contributed by atoms with E-state index in [0.717, 1.165) is 5.56 Å². The van der Waals surface area contributed by atoms with E-state index in [0.29, 0.717) is 32.6 Å². The second kappa shape index (κ2) is 10.4. The van der Waals surface area contributed by atoms with E-state index in [4.69, 9.17) is 9.47 Å². The quantitative estimate of drug-likeness (QED) is 0.187. The number of amides is 1. The SMILES string of the molecule is CCOC(=O)c1ccc(N2C(=O)C(=O)/C(=C(/O)c3ccc(OC)c(Br)c3)C2c2ccccc2C)cc1. The Hall–Kier alpha value is -3.91. The Morgan fingerprint density at radius 2 is 1.69 bits per heavy atom. The molecule has 0 radical (unpaired) electrons. The van der Waals surface area contributed by atoms with Crippen molar-refractivity contribution in [1.29, 1.82) is 0 Å². The fourth-order valence-electron chi connectivity index (χ4n) is 4.23. The number of anilines is 1. The molecule has 0 saturated carbocycles. The molecule has 1 N–H and O–H groups in total. The zero-order valence-corrected chi connectivity index (χ0v) is 21.5. The zero-order chi connectivity index (χ0) is 26.0. The minimum absolute atomic E-state index is 0.0270. The summed E-state index contributed by atoms with van der Waals surface area (Å²) in [5.74, 6) is -1.80. The van der Waals surface area contributed by atoms with Crippen LogP contribution >= 0.6 is 15.9 Å². The van der Waals surface area contributed by atoms with E-state index >= 15 is 0 Å². The van der Waals surface area contributed by atoms with Gasteiger partial charge in [0.25, 0.3) is 11.7 Å². The highest BCUT2D eigenvalue weighted by molar-refractivity contribution is 9.10. The van der Waals surface area contributed by atoms with Crippen molar-refractivity contribution < 1.29 is 29.0 Å². The normalized spacial score (nSPS) is 16.8. The lowest BCUT2D eigenvalue weighted by molar-refractivity contribution is -0.132. The van der Waals surface area contributed by atoms with Crippen molar-refractivity contribution in [2.24, 2.45) is 0 Å². The van der Waals surface area contributed by atoms with E-state index in [2.05, 4.69) is 15.9 Å². The number of rotatable bonds is 6. The Bertz CT molecular complexity index is 1380. The molecular weight excluding hydrogens is 526 g/mol. The number of aliphatic hydroxyl groups excluding tert-OH is 1. The second-order valence-corrected chi connectivity index (χ2v) is 9.00. The number of aliphatic hydroxyl groups is 1. The molecule has 1 unspecified atom stereocenters. The molecule has 184 valence electrons. The molecule has 1 heterocycles. The highest BCUT2D eigenvalue weighted by Gasteiger charge is 2.47. The molecule has 36 heavy (non-hydrogen) atoms. The third kappa shape index (κ3) is 4.52. The van der Waals surface area contributed by atoms with Crippen molar-refractivity contribution in [3.05, 3.63) is 99.0 Å². The topological polar surface area (TPSA) is 93.1 Å². The summed E-state index contributed by atoms with van der Waals surface area (Å²) in [4.78, 5) is 40.1. The molecule has 0 bridgehead atoms. The zero-order valence-electron chi connectivity index (χ0n) is 19.9. The van der Waals surface area contributed by atoms with Crippen LogP contribution in [-0.4, -0.2) is 36.5 Å².